The Labute approximate surface area is 296 Å². The van der Waals surface area contributed by atoms with Gasteiger partial charge in [-0.25, -0.2) is 9.00 Å². The number of urea groups is 1. The van der Waals surface area contributed by atoms with E-state index in [9.17, 15) is 13.8 Å². The van der Waals surface area contributed by atoms with E-state index >= 15 is 0 Å². The first kappa shape index (κ1) is 34.4. The van der Waals surface area contributed by atoms with Gasteiger partial charge in [-0.05, 0) is 110 Å². The molecule has 3 amide bonds. The van der Waals surface area contributed by atoms with Crippen molar-refractivity contribution < 1.29 is 23.3 Å². The number of fused-ring (bicyclic) bond motifs is 4. The van der Waals surface area contributed by atoms with Gasteiger partial charge in [-0.1, -0.05) is 43.7 Å². The summed E-state index contributed by atoms with van der Waals surface area (Å²) >= 11 is 6.45. The number of rotatable bonds is 3. The second-order valence-electron chi connectivity index (χ2n) is 15.0. The molecule has 1 saturated carbocycles. The molecule has 2 aromatic carbocycles. The second kappa shape index (κ2) is 13.9. The van der Waals surface area contributed by atoms with Crippen LogP contribution in [0.3, 0.4) is 0 Å². The lowest BCUT2D eigenvalue weighted by Crippen LogP contribution is -2.55. The van der Waals surface area contributed by atoms with E-state index in [0.29, 0.717) is 49.4 Å². The summed E-state index contributed by atoms with van der Waals surface area (Å²) in [6.45, 7) is 7.36. The normalized spacial score (nSPS) is 32.4. The molecule has 1 saturated heterocycles. The molecule has 49 heavy (non-hydrogen) atoms. The van der Waals surface area contributed by atoms with Crippen molar-refractivity contribution in [2.24, 2.45) is 28.0 Å². The van der Waals surface area contributed by atoms with Crippen molar-refractivity contribution in [2.75, 3.05) is 50.5 Å². The number of methoxy groups -OCH3 is 1. The molecule has 1 unspecified atom stereocenters. The van der Waals surface area contributed by atoms with Crippen LogP contribution in [0.15, 0.2) is 52.9 Å². The van der Waals surface area contributed by atoms with E-state index in [1.54, 1.807) is 18.1 Å². The molecule has 5 aliphatic rings. The number of nitrogens with zero attached hydrogens (tertiary/aromatic N) is 3. The molecule has 2 bridgehead atoms. The van der Waals surface area contributed by atoms with Crippen LogP contribution in [0.5, 0.6) is 5.75 Å². The van der Waals surface area contributed by atoms with Crippen LogP contribution in [0.4, 0.5) is 10.5 Å². The number of likely N-dealkylation sites (tertiary alicyclic amines) is 1. The number of carbonyl (C=O) groups excluding carboxylic acids is 2. The summed E-state index contributed by atoms with van der Waals surface area (Å²) in [7, 11) is -1.65. The Kier molecular flexibility index (Phi) is 9.76. The topological polar surface area (TPSA) is 101 Å². The van der Waals surface area contributed by atoms with Crippen LogP contribution >= 0.6 is 11.6 Å². The van der Waals surface area contributed by atoms with Gasteiger partial charge in [0, 0.05) is 49.3 Å². The molecule has 9 nitrogen and oxygen atoms in total. The van der Waals surface area contributed by atoms with Crippen LogP contribution in [-0.2, 0) is 26.5 Å². The summed E-state index contributed by atoms with van der Waals surface area (Å²) in [6.07, 6.45) is 11.0. The summed E-state index contributed by atoms with van der Waals surface area (Å²) in [4.78, 5) is 31.2. The van der Waals surface area contributed by atoms with Gasteiger partial charge in [0.1, 0.15) is 15.7 Å². The first-order valence-electron chi connectivity index (χ1n) is 17.9. The predicted octanol–water partition coefficient (Wildman–Crippen LogP) is 7.02. The number of amides is 3. The molecule has 2 fully saturated rings. The van der Waals surface area contributed by atoms with Crippen LogP contribution in [0.1, 0.15) is 73.9 Å². The molecule has 264 valence electrons. The van der Waals surface area contributed by atoms with Crippen LogP contribution in [-0.4, -0.2) is 72.8 Å². The number of halogens is 1. The lowest BCUT2D eigenvalue weighted by molar-refractivity contribution is 0.0131. The fourth-order valence-electron chi connectivity index (χ4n) is 8.56. The molecule has 11 heteroatoms. The second-order valence-corrected chi connectivity index (χ2v) is 17.5. The van der Waals surface area contributed by atoms with Gasteiger partial charge in [-0.2, -0.15) is 0 Å². The Morgan fingerprint density at radius 2 is 2.02 bits per heavy atom. The van der Waals surface area contributed by atoms with E-state index in [-0.39, 0.29) is 23.2 Å². The third-order valence-corrected chi connectivity index (χ3v) is 13.8. The maximum atomic E-state index is 14.4. The van der Waals surface area contributed by atoms with Crippen molar-refractivity contribution in [1.82, 2.24) is 9.62 Å². The SMILES string of the molecule is CCC1CN(C(=O)NS2(=O)=NC(=O)c3ccc4c(c3)N(C[C@@H]3CC[C@H]3[C@@H](OC)/C=C\C[C@H](C)C2)C[C@@]2(CCCc3cc(Cl)ccc32)CO4)C1. The molecule has 6 atom stereocenters. The van der Waals surface area contributed by atoms with Crippen molar-refractivity contribution in [3.8, 4) is 5.75 Å². The molecular weight excluding hydrogens is 660 g/mol. The smallest absolute Gasteiger partial charge is 0.329 e. The number of hydrogen-bond acceptors (Lipinski definition) is 6. The van der Waals surface area contributed by atoms with Crippen molar-refractivity contribution in [3.63, 3.8) is 0 Å². The zero-order valence-corrected chi connectivity index (χ0v) is 30.4. The molecule has 3 aliphatic heterocycles. The van der Waals surface area contributed by atoms with Crippen molar-refractivity contribution in [2.45, 2.75) is 70.3 Å². The number of carbonyl (C=O) groups is 2. The Morgan fingerprint density at radius 1 is 1.18 bits per heavy atom. The highest BCUT2D eigenvalue weighted by molar-refractivity contribution is 7.92. The Morgan fingerprint density at radius 3 is 2.78 bits per heavy atom. The molecule has 0 aromatic heterocycles. The van der Waals surface area contributed by atoms with Gasteiger partial charge in [-0.3, -0.25) is 9.52 Å². The molecule has 2 aliphatic carbocycles. The van der Waals surface area contributed by atoms with E-state index in [1.165, 1.54) is 11.1 Å². The van der Waals surface area contributed by atoms with E-state index in [0.717, 1.165) is 68.1 Å². The van der Waals surface area contributed by atoms with Crippen molar-refractivity contribution in [3.05, 3.63) is 70.3 Å². The van der Waals surface area contributed by atoms with Gasteiger partial charge in [-0.15, -0.1) is 4.36 Å². The average Bonchev–Trinajstić information content (AvgIpc) is 3.18. The molecular formula is C38H49ClN4O5S. The molecule has 3 heterocycles. The number of ether oxygens (including phenoxy) is 2. The van der Waals surface area contributed by atoms with Gasteiger partial charge in [0.05, 0.1) is 24.2 Å². The van der Waals surface area contributed by atoms with E-state index < -0.39 is 21.9 Å². The number of benzene rings is 2. The zero-order valence-electron chi connectivity index (χ0n) is 28.9. The van der Waals surface area contributed by atoms with E-state index in [4.69, 9.17) is 21.1 Å². The molecule has 7 rings (SSSR count). The Hall–Kier alpha value is -3.08. The minimum Gasteiger partial charge on any atom is -0.490 e. The zero-order chi connectivity index (χ0) is 34.3. The highest BCUT2D eigenvalue weighted by Gasteiger charge is 2.44. The van der Waals surface area contributed by atoms with E-state index in [2.05, 4.69) is 45.2 Å². The number of allylic oxidation sites excluding steroid dienone is 1. The van der Waals surface area contributed by atoms with Crippen LogP contribution in [0.25, 0.3) is 0 Å². The van der Waals surface area contributed by atoms with Crippen LogP contribution in [0, 0.1) is 23.7 Å². The average molecular weight is 709 g/mol. The van der Waals surface area contributed by atoms with Gasteiger partial charge in [0.2, 0.25) is 0 Å². The predicted molar refractivity (Wildman–Crippen MR) is 194 cm³/mol. The molecule has 1 spiro atoms. The maximum Gasteiger partial charge on any atom is 0.329 e. The number of hydrogen-bond donors (Lipinski definition) is 1. The standard InChI is InChI=1S/C38H49ClN4O5S/c1-4-26-19-42(20-26)37(45)41-49(46)22-25(2)7-5-9-34(47-3)31-13-10-29(31)21-43-23-38(16-6-8-27-17-30(39)12-14-32(27)38)24-48-35-15-11-28(18-33(35)43)36(44)40-49/h5,9,11-12,14-15,17-18,25-26,29,31,34H,4,6-8,10,13,16,19-24H2,1-3H3,(H,40,41,44,45,46)/b9-5-/t25-,29-,31+,34-,38-,49?/m0/s1. The van der Waals surface area contributed by atoms with Crippen molar-refractivity contribution in [1.29, 1.82) is 0 Å². The minimum atomic E-state index is -3.42. The van der Waals surface area contributed by atoms with Gasteiger partial charge < -0.3 is 19.3 Å². The summed E-state index contributed by atoms with van der Waals surface area (Å²) in [5.74, 6) is 1.30. The molecule has 0 radical (unpaired) electrons. The minimum absolute atomic E-state index is 0.0346. The maximum absolute atomic E-state index is 14.4. The molecule has 2 aromatic rings. The Balaban J connectivity index is 1.28. The third-order valence-electron chi connectivity index (χ3n) is 11.6. The van der Waals surface area contributed by atoms with Crippen LogP contribution < -0.4 is 14.4 Å². The fourth-order valence-corrected chi connectivity index (χ4v) is 10.6. The summed E-state index contributed by atoms with van der Waals surface area (Å²) < 4.78 is 34.1. The summed E-state index contributed by atoms with van der Waals surface area (Å²) in [5, 5.41) is 0.749. The third kappa shape index (κ3) is 6.97. The lowest BCUT2D eigenvalue weighted by atomic mass is 9.68. The van der Waals surface area contributed by atoms with Gasteiger partial charge >= 0.3 is 6.03 Å². The number of aryl methyl sites for hydroxylation is 1. The number of nitrogens with one attached hydrogen (secondary N) is 1. The van der Waals surface area contributed by atoms with E-state index in [1.807, 2.05) is 25.1 Å². The van der Waals surface area contributed by atoms with Crippen LogP contribution in [0.2, 0.25) is 5.02 Å². The highest BCUT2D eigenvalue weighted by atomic mass is 35.5. The lowest BCUT2D eigenvalue weighted by Gasteiger charge is -2.46. The summed E-state index contributed by atoms with van der Waals surface area (Å²) in [6, 6.07) is 11.2. The highest BCUT2D eigenvalue weighted by Crippen LogP contribution is 2.47. The monoisotopic (exact) mass is 708 g/mol. The van der Waals surface area contributed by atoms with Gasteiger partial charge in [0.15, 0.2) is 0 Å². The quantitative estimate of drug-likeness (QED) is 0.344. The largest absolute Gasteiger partial charge is 0.490 e. The molecule has 1 N–H and O–H groups in total. The van der Waals surface area contributed by atoms with Crippen molar-refractivity contribution >= 4 is 39.1 Å². The first-order chi connectivity index (χ1) is 23.6. The Bertz CT molecular complexity index is 1750. The van der Waals surface area contributed by atoms with Gasteiger partial charge in [0.25, 0.3) is 5.91 Å². The number of anilines is 1. The fraction of sp³-hybridized carbons (Fsp3) is 0.579. The summed E-state index contributed by atoms with van der Waals surface area (Å²) in [5.41, 5.74) is 3.49. The first-order valence-corrected chi connectivity index (χ1v) is 20.0.